The zero-order valence-corrected chi connectivity index (χ0v) is 13.0. The van der Waals surface area contributed by atoms with Gasteiger partial charge in [-0.15, -0.1) is 11.6 Å². The van der Waals surface area contributed by atoms with Gasteiger partial charge in [0.1, 0.15) is 5.75 Å². The predicted molar refractivity (Wildman–Crippen MR) is 71.7 cm³/mol. The second kappa shape index (κ2) is 6.45. The Hall–Kier alpha value is 0.710. The van der Waals surface area contributed by atoms with Crippen molar-refractivity contribution in [1.82, 2.24) is 0 Å². The van der Waals surface area contributed by atoms with Gasteiger partial charge in [0.05, 0.1) is 27.5 Å². The van der Waals surface area contributed by atoms with E-state index in [1.54, 1.807) is 12.1 Å². The maximum atomic E-state index is 9.22. The van der Waals surface area contributed by atoms with Gasteiger partial charge in [0, 0.05) is 4.47 Å². The largest absolute Gasteiger partial charge is 0.506 e. The molecule has 0 aromatic heterocycles. The molecule has 0 saturated carbocycles. The van der Waals surface area contributed by atoms with E-state index in [2.05, 4.69) is 47.8 Å². The molecule has 15 heavy (non-hydrogen) atoms. The molecule has 0 aliphatic carbocycles. The highest BCUT2D eigenvalue weighted by Crippen LogP contribution is 2.34. The lowest BCUT2D eigenvalue weighted by Gasteiger charge is -1.99. The van der Waals surface area contributed by atoms with Crippen LogP contribution in [0.5, 0.6) is 5.75 Å². The summed E-state index contributed by atoms with van der Waals surface area (Å²) < 4.78 is 7.00. The quantitative estimate of drug-likeness (QED) is 0.540. The summed E-state index contributed by atoms with van der Waals surface area (Å²) in [7, 11) is 0. The fraction of sp³-hybridized carbons (Fsp3) is 0.333. The molecule has 0 bridgehead atoms. The third kappa shape index (κ3) is 5.04. The molecule has 6 heteroatoms. The molecule has 1 unspecified atom stereocenters. The number of phenolic OH excluding ortho intramolecular Hbond substituents is 1. The van der Waals surface area contributed by atoms with Crippen LogP contribution in [0.1, 0.15) is 0 Å². The van der Waals surface area contributed by atoms with Gasteiger partial charge in [0.15, 0.2) is 0 Å². The number of epoxide rings is 1. The lowest BCUT2D eigenvalue weighted by Crippen LogP contribution is -1.80. The van der Waals surface area contributed by atoms with Gasteiger partial charge in [-0.2, -0.15) is 0 Å². The lowest BCUT2D eigenvalue weighted by atomic mass is 10.3. The van der Waals surface area contributed by atoms with Crippen molar-refractivity contribution in [3.05, 3.63) is 25.6 Å². The van der Waals surface area contributed by atoms with Crippen molar-refractivity contribution in [1.29, 1.82) is 0 Å². The highest BCUT2D eigenvalue weighted by atomic mass is 79.9. The number of aromatic hydroxyl groups is 1. The second-order valence-electron chi connectivity index (χ2n) is 2.83. The topological polar surface area (TPSA) is 32.8 Å². The minimum Gasteiger partial charge on any atom is -0.506 e. The summed E-state index contributed by atoms with van der Waals surface area (Å²) >= 11 is 14.9. The Morgan fingerprint density at radius 1 is 1.33 bits per heavy atom. The van der Waals surface area contributed by atoms with Crippen LogP contribution < -0.4 is 0 Å². The molecule has 1 atom stereocenters. The number of hydrogen-bond donors (Lipinski definition) is 1. The average Bonchev–Trinajstić information content (AvgIpc) is 2.98. The summed E-state index contributed by atoms with van der Waals surface area (Å²) in [6, 6.07) is 3.56. The smallest absolute Gasteiger partial charge is 0.144 e. The van der Waals surface area contributed by atoms with E-state index in [0.717, 1.165) is 11.1 Å². The first kappa shape index (κ1) is 13.8. The van der Waals surface area contributed by atoms with Gasteiger partial charge in [-0.3, -0.25) is 0 Å². The molecule has 1 aromatic rings. The van der Waals surface area contributed by atoms with Crippen LogP contribution >= 0.6 is 59.4 Å². The van der Waals surface area contributed by atoms with Crippen molar-refractivity contribution in [2.24, 2.45) is 0 Å². The normalized spacial score (nSPS) is 18.0. The fourth-order valence-electron chi connectivity index (χ4n) is 0.692. The van der Waals surface area contributed by atoms with E-state index in [0.29, 0.717) is 20.9 Å². The summed E-state index contributed by atoms with van der Waals surface area (Å²) in [5.74, 6) is 0.892. The van der Waals surface area contributed by atoms with E-state index >= 15 is 0 Å². The van der Waals surface area contributed by atoms with Gasteiger partial charge in [0.2, 0.25) is 0 Å². The van der Waals surface area contributed by atoms with Crippen molar-refractivity contribution in [3.8, 4) is 5.75 Å². The lowest BCUT2D eigenvalue weighted by molar-refractivity contribution is 0.425. The molecular formula is C9H8Br3ClO2. The zero-order valence-electron chi connectivity index (χ0n) is 7.51. The number of alkyl halides is 1. The minimum atomic E-state index is 0.225. The van der Waals surface area contributed by atoms with E-state index in [9.17, 15) is 5.11 Å². The Morgan fingerprint density at radius 2 is 1.80 bits per heavy atom. The summed E-state index contributed by atoms with van der Waals surface area (Å²) in [6.45, 7) is 0.878. The Kier molecular flexibility index (Phi) is 5.92. The van der Waals surface area contributed by atoms with Crippen molar-refractivity contribution >= 4 is 59.4 Å². The third-order valence-corrected chi connectivity index (χ3v) is 3.57. The molecule has 0 radical (unpaired) electrons. The van der Waals surface area contributed by atoms with Crippen molar-refractivity contribution < 1.29 is 9.84 Å². The van der Waals surface area contributed by atoms with Crippen LogP contribution in [0.2, 0.25) is 0 Å². The van der Waals surface area contributed by atoms with E-state index in [-0.39, 0.29) is 5.75 Å². The maximum absolute atomic E-state index is 9.22. The highest BCUT2D eigenvalue weighted by molar-refractivity contribution is 9.11. The number of benzene rings is 1. The monoisotopic (exact) mass is 420 g/mol. The van der Waals surface area contributed by atoms with E-state index in [4.69, 9.17) is 16.3 Å². The van der Waals surface area contributed by atoms with Gasteiger partial charge in [0.25, 0.3) is 0 Å². The molecule has 1 fully saturated rings. The van der Waals surface area contributed by atoms with Crippen LogP contribution in [0.15, 0.2) is 25.6 Å². The average molecular weight is 423 g/mol. The van der Waals surface area contributed by atoms with E-state index in [1.807, 2.05) is 0 Å². The minimum absolute atomic E-state index is 0.225. The van der Waals surface area contributed by atoms with Crippen LogP contribution in [0.25, 0.3) is 0 Å². The summed E-state index contributed by atoms with van der Waals surface area (Å²) in [6.07, 6.45) is 0.400. The maximum Gasteiger partial charge on any atom is 0.144 e. The molecular weight excluding hydrogens is 415 g/mol. The molecule has 84 valence electrons. The molecule has 0 spiro atoms. The van der Waals surface area contributed by atoms with Gasteiger partial charge in [-0.1, -0.05) is 15.9 Å². The van der Waals surface area contributed by atoms with Crippen LogP contribution in [0.4, 0.5) is 0 Å². The Morgan fingerprint density at radius 3 is 2.07 bits per heavy atom. The number of phenols is 1. The third-order valence-electron chi connectivity index (χ3n) is 1.56. The molecule has 1 N–H and O–H groups in total. The Balaban J connectivity index is 0.000000187. The summed E-state index contributed by atoms with van der Waals surface area (Å²) in [5, 5.41) is 9.22. The Bertz CT molecular complexity index is 319. The van der Waals surface area contributed by atoms with Gasteiger partial charge in [-0.05, 0) is 44.0 Å². The van der Waals surface area contributed by atoms with E-state index < -0.39 is 0 Å². The molecule has 2 rings (SSSR count). The van der Waals surface area contributed by atoms with Crippen LogP contribution in [-0.4, -0.2) is 23.7 Å². The molecule has 2 nitrogen and oxygen atoms in total. The molecule has 1 aliphatic heterocycles. The number of halogens is 4. The second-order valence-corrected chi connectivity index (χ2v) is 5.76. The standard InChI is InChI=1S/C6H3Br3O.C3H5ClO/c7-3-1-4(8)6(10)5(9)2-3;4-1-3-2-5-3/h1-2,10H;3H,1-2H2. The van der Waals surface area contributed by atoms with Crippen molar-refractivity contribution in [2.75, 3.05) is 12.5 Å². The van der Waals surface area contributed by atoms with Crippen molar-refractivity contribution in [2.45, 2.75) is 6.10 Å². The molecule has 1 aliphatic rings. The van der Waals surface area contributed by atoms with Gasteiger partial charge >= 0.3 is 0 Å². The van der Waals surface area contributed by atoms with Crippen LogP contribution in [0, 0.1) is 0 Å². The molecule has 1 heterocycles. The number of rotatable bonds is 1. The predicted octanol–water partition coefficient (Wildman–Crippen LogP) is 4.30. The van der Waals surface area contributed by atoms with E-state index in [1.165, 1.54) is 0 Å². The van der Waals surface area contributed by atoms with Crippen molar-refractivity contribution in [3.63, 3.8) is 0 Å². The first-order chi connectivity index (χ1) is 7.04. The molecule has 0 amide bonds. The van der Waals surface area contributed by atoms with Gasteiger partial charge < -0.3 is 9.84 Å². The molecule has 1 saturated heterocycles. The first-order valence-corrected chi connectivity index (χ1v) is 6.97. The summed E-state index contributed by atoms with van der Waals surface area (Å²) in [4.78, 5) is 0. The SMILES string of the molecule is ClCC1CO1.Oc1c(Br)cc(Br)cc1Br. The first-order valence-electron chi connectivity index (χ1n) is 4.05. The zero-order chi connectivity index (χ0) is 11.4. The molecule has 1 aromatic carbocycles. The Labute approximate surface area is 118 Å². The number of ether oxygens (including phenoxy) is 1. The van der Waals surface area contributed by atoms with Gasteiger partial charge in [-0.25, -0.2) is 0 Å². The van der Waals surface area contributed by atoms with Crippen LogP contribution in [0.3, 0.4) is 0 Å². The highest BCUT2D eigenvalue weighted by Gasteiger charge is 2.19. The fourth-order valence-corrected chi connectivity index (χ4v) is 3.13. The number of hydrogen-bond acceptors (Lipinski definition) is 2. The summed E-state index contributed by atoms with van der Waals surface area (Å²) in [5.41, 5.74) is 0. The van der Waals surface area contributed by atoms with Crippen LogP contribution in [-0.2, 0) is 4.74 Å².